The molecule has 0 radical (unpaired) electrons. The van der Waals surface area contributed by atoms with Crippen molar-refractivity contribution in [3.63, 3.8) is 0 Å². The number of halogens is 2. The summed E-state index contributed by atoms with van der Waals surface area (Å²) in [5.74, 6) is 0.672. The highest BCUT2D eigenvalue weighted by Gasteiger charge is 2.23. The lowest BCUT2D eigenvalue weighted by molar-refractivity contribution is 0.210. The van der Waals surface area contributed by atoms with Gasteiger partial charge in [-0.25, -0.2) is 0 Å². The van der Waals surface area contributed by atoms with E-state index in [2.05, 4.69) is 37.4 Å². The number of ether oxygens (including phenoxy) is 1. The highest BCUT2D eigenvalue weighted by molar-refractivity contribution is 6.36. The van der Waals surface area contributed by atoms with E-state index in [0.717, 1.165) is 11.3 Å². The van der Waals surface area contributed by atoms with E-state index in [1.807, 2.05) is 6.07 Å². The quantitative estimate of drug-likeness (QED) is 0.786. The molecule has 4 heteroatoms. The first-order valence-electron chi connectivity index (χ1n) is 6.51. The van der Waals surface area contributed by atoms with Crippen LogP contribution in [0.4, 0.5) is 5.69 Å². The van der Waals surface area contributed by atoms with Crippen molar-refractivity contribution in [1.29, 1.82) is 0 Å². The maximum absolute atomic E-state index is 6.21. The van der Waals surface area contributed by atoms with Crippen LogP contribution in [0.15, 0.2) is 30.3 Å². The largest absolute Gasteiger partial charge is 0.480 e. The molecule has 0 aliphatic carbocycles. The van der Waals surface area contributed by atoms with Crippen LogP contribution >= 0.6 is 23.2 Å². The number of anilines is 1. The molecule has 20 heavy (non-hydrogen) atoms. The standard InChI is InChI=1S/C16H15Cl2NO/c1-9-3-4-11(5-10(9)2)15-8-19-14-7-12(17)6-13(18)16(14)20-15/h3-7,15,19H,8H2,1-2H3. The summed E-state index contributed by atoms with van der Waals surface area (Å²) in [6.45, 7) is 4.91. The van der Waals surface area contributed by atoms with Crippen molar-refractivity contribution < 1.29 is 4.74 Å². The molecule has 2 aromatic carbocycles. The molecule has 3 rings (SSSR count). The number of fused-ring (bicyclic) bond motifs is 1. The van der Waals surface area contributed by atoms with Crippen molar-refractivity contribution in [2.75, 3.05) is 11.9 Å². The fourth-order valence-electron chi connectivity index (χ4n) is 2.35. The van der Waals surface area contributed by atoms with Crippen molar-refractivity contribution in [2.24, 2.45) is 0 Å². The van der Waals surface area contributed by atoms with Crippen molar-refractivity contribution in [3.8, 4) is 5.75 Å². The first-order valence-corrected chi connectivity index (χ1v) is 7.27. The Balaban J connectivity index is 1.93. The molecule has 0 amide bonds. The number of rotatable bonds is 1. The van der Waals surface area contributed by atoms with Gasteiger partial charge in [0.15, 0.2) is 5.75 Å². The maximum Gasteiger partial charge on any atom is 0.162 e. The Bertz CT molecular complexity index is 670. The minimum Gasteiger partial charge on any atom is -0.480 e. The van der Waals surface area contributed by atoms with Gasteiger partial charge in [-0.15, -0.1) is 0 Å². The van der Waals surface area contributed by atoms with Crippen LogP contribution in [0.25, 0.3) is 0 Å². The van der Waals surface area contributed by atoms with Gasteiger partial charge >= 0.3 is 0 Å². The Morgan fingerprint density at radius 1 is 1.10 bits per heavy atom. The Kier molecular flexibility index (Phi) is 3.53. The van der Waals surface area contributed by atoms with Crippen molar-refractivity contribution >= 4 is 28.9 Å². The summed E-state index contributed by atoms with van der Waals surface area (Å²) in [5, 5.41) is 4.47. The van der Waals surface area contributed by atoms with E-state index >= 15 is 0 Å². The third-order valence-electron chi connectivity index (χ3n) is 3.65. The van der Waals surface area contributed by atoms with Gasteiger partial charge in [0.2, 0.25) is 0 Å². The number of nitrogens with one attached hydrogen (secondary N) is 1. The topological polar surface area (TPSA) is 21.3 Å². The summed E-state index contributed by atoms with van der Waals surface area (Å²) in [7, 11) is 0. The minimum atomic E-state index is -0.0412. The van der Waals surface area contributed by atoms with E-state index in [1.165, 1.54) is 11.1 Å². The van der Waals surface area contributed by atoms with Gasteiger partial charge in [-0.1, -0.05) is 41.4 Å². The number of benzene rings is 2. The lowest BCUT2D eigenvalue weighted by atomic mass is 10.0. The number of aryl methyl sites for hydroxylation is 2. The predicted molar refractivity (Wildman–Crippen MR) is 84.2 cm³/mol. The highest BCUT2D eigenvalue weighted by atomic mass is 35.5. The zero-order chi connectivity index (χ0) is 14.3. The second-order valence-corrected chi connectivity index (χ2v) is 5.94. The first kappa shape index (κ1) is 13.6. The van der Waals surface area contributed by atoms with Crippen molar-refractivity contribution in [1.82, 2.24) is 0 Å². The molecule has 1 atom stereocenters. The zero-order valence-corrected chi connectivity index (χ0v) is 12.8. The molecular formula is C16H15Cl2NO. The van der Waals surface area contributed by atoms with Crippen molar-refractivity contribution in [2.45, 2.75) is 20.0 Å². The third-order valence-corrected chi connectivity index (χ3v) is 4.15. The molecule has 1 heterocycles. The molecule has 1 N–H and O–H groups in total. The van der Waals surface area contributed by atoms with Gasteiger partial charge in [0.05, 0.1) is 17.3 Å². The van der Waals surface area contributed by atoms with Gasteiger partial charge in [-0.05, 0) is 42.7 Å². The predicted octanol–water partition coefficient (Wildman–Crippen LogP) is 5.16. The summed E-state index contributed by atoms with van der Waals surface area (Å²) in [6.07, 6.45) is -0.0412. The second kappa shape index (κ2) is 5.19. The van der Waals surface area contributed by atoms with Gasteiger partial charge in [0, 0.05) is 5.02 Å². The molecule has 1 aliphatic rings. The first-order chi connectivity index (χ1) is 9.54. The molecule has 0 spiro atoms. The zero-order valence-electron chi connectivity index (χ0n) is 11.3. The summed E-state index contributed by atoms with van der Waals surface area (Å²) >= 11 is 12.2. The molecule has 104 valence electrons. The van der Waals surface area contributed by atoms with Gasteiger partial charge in [-0.3, -0.25) is 0 Å². The average molecular weight is 308 g/mol. The van der Waals surface area contributed by atoms with E-state index in [4.69, 9.17) is 27.9 Å². The normalized spacial score (nSPS) is 17.1. The van der Waals surface area contributed by atoms with Gasteiger partial charge in [0.25, 0.3) is 0 Å². The van der Waals surface area contributed by atoms with E-state index in [0.29, 0.717) is 22.3 Å². The van der Waals surface area contributed by atoms with E-state index < -0.39 is 0 Å². The Morgan fingerprint density at radius 3 is 2.65 bits per heavy atom. The van der Waals surface area contributed by atoms with Gasteiger partial charge < -0.3 is 10.1 Å². The molecule has 0 aromatic heterocycles. The minimum absolute atomic E-state index is 0.0412. The van der Waals surface area contributed by atoms with E-state index in [1.54, 1.807) is 6.07 Å². The number of hydrogen-bond acceptors (Lipinski definition) is 2. The smallest absolute Gasteiger partial charge is 0.162 e. The Labute approximate surface area is 128 Å². The van der Waals surface area contributed by atoms with Crippen LogP contribution in [0.1, 0.15) is 22.8 Å². The average Bonchev–Trinajstić information content (AvgIpc) is 2.41. The molecular weight excluding hydrogens is 293 g/mol. The molecule has 2 nitrogen and oxygen atoms in total. The molecule has 0 bridgehead atoms. The van der Waals surface area contributed by atoms with Crippen LogP contribution in [0.2, 0.25) is 10.0 Å². The van der Waals surface area contributed by atoms with Crippen molar-refractivity contribution in [3.05, 3.63) is 57.1 Å². The van der Waals surface area contributed by atoms with Crippen LogP contribution in [0.3, 0.4) is 0 Å². The summed E-state index contributed by atoms with van der Waals surface area (Å²) in [5.41, 5.74) is 4.54. The van der Waals surface area contributed by atoms with Crippen LogP contribution in [-0.2, 0) is 0 Å². The molecule has 0 saturated heterocycles. The second-order valence-electron chi connectivity index (χ2n) is 5.10. The molecule has 0 saturated carbocycles. The van der Waals surface area contributed by atoms with Crippen LogP contribution in [-0.4, -0.2) is 6.54 Å². The van der Waals surface area contributed by atoms with Crippen LogP contribution in [0, 0.1) is 13.8 Å². The fourth-order valence-corrected chi connectivity index (χ4v) is 2.89. The molecule has 1 unspecified atom stereocenters. The summed E-state index contributed by atoms with van der Waals surface area (Å²) < 4.78 is 6.05. The van der Waals surface area contributed by atoms with E-state index in [9.17, 15) is 0 Å². The van der Waals surface area contributed by atoms with E-state index in [-0.39, 0.29) is 6.10 Å². The summed E-state index contributed by atoms with van der Waals surface area (Å²) in [4.78, 5) is 0. The fraction of sp³-hybridized carbons (Fsp3) is 0.250. The van der Waals surface area contributed by atoms with Crippen LogP contribution < -0.4 is 10.1 Å². The van der Waals surface area contributed by atoms with Gasteiger partial charge in [0.1, 0.15) is 6.10 Å². The third kappa shape index (κ3) is 2.46. The molecule has 0 fully saturated rings. The SMILES string of the molecule is Cc1ccc(C2CNc3cc(Cl)cc(Cl)c3O2)cc1C. The monoisotopic (exact) mass is 307 g/mol. The lowest BCUT2D eigenvalue weighted by Crippen LogP contribution is -2.23. The molecule has 2 aromatic rings. The van der Waals surface area contributed by atoms with Gasteiger partial charge in [-0.2, -0.15) is 0 Å². The number of hydrogen-bond donors (Lipinski definition) is 1. The molecule has 1 aliphatic heterocycles. The Hall–Kier alpha value is -1.38. The Morgan fingerprint density at radius 2 is 1.90 bits per heavy atom. The van der Waals surface area contributed by atoms with Crippen LogP contribution in [0.5, 0.6) is 5.75 Å². The highest BCUT2D eigenvalue weighted by Crippen LogP contribution is 2.41. The lowest BCUT2D eigenvalue weighted by Gasteiger charge is -2.29. The maximum atomic E-state index is 6.21. The summed E-state index contributed by atoms with van der Waals surface area (Å²) in [6, 6.07) is 9.92.